The molecule has 0 N–H and O–H groups in total. The summed E-state index contributed by atoms with van der Waals surface area (Å²) in [5.74, 6) is 0.856. The Balaban J connectivity index is 2.88. The summed E-state index contributed by atoms with van der Waals surface area (Å²) in [6, 6.07) is 7.79. The number of para-hydroxylation sites is 1. The van der Waals surface area contributed by atoms with E-state index in [-0.39, 0.29) is 12.0 Å². The third-order valence-corrected chi connectivity index (χ3v) is 3.29. The third kappa shape index (κ3) is 4.23. The van der Waals surface area contributed by atoms with E-state index < -0.39 is 0 Å². The zero-order valence-electron chi connectivity index (χ0n) is 12.9. The molecule has 0 heterocycles. The van der Waals surface area contributed by atoms with Gasteiger partial charge in [-0.3, -0.25) is 4.79 Å². The summed E-state index contributed by atoms with van der Waals surface area (Å²) in [5.41, 5.74) is 1.02. The molecular weight excluding hydrogens is 254 g/mol. The van der Waals surface area contributed by atoms with Gasteiger partial charge in [0.1, 0.15) is 11.9 Å². The Hall–Kier alpha value is -1.55. The smallest absolute Gasteiger partial charge is 0.251 e. The van der Waals surface area contributed by atoms with Crippen LogP contribution in [0.5, 0.6) is 5.75 Å². The van der Waals surface area contributed by atoms with E-state index in [0.29, 0.717) is 13.0 Å². The summed E-state index contributed by atoms with van der Waals surface area (Å²) in [7, 11) is 3.23. The molecule has 20 heavy (non-hydrogen) atoms. The number of ether oxygens (including phenoxy) is 2. The highest BCUT2D eigenvalue weighted by Gasteiger charge is 2.22. The highest BCUT2D eigenvalue weighted by Crippen LogP contribution is 2.20. The average molecular weight is 279 g/mol. The van der Waals surface area contributed by atoms with Gasteiger partial charge >= 0.3 is 0 Å². The minimum atomic E-state index is -0.365. The molecule has 1 aromatic rings. The Morgan fingerprint density at radius 2 is 1.95 bits per heavy atom. The van der Waals surface area contributed by atoms with Crippen LogP contribution in [0, 0.1) is 0 Å². The molecular formula is C16H25NO3. The number of amides is 1. The van der Waals surface area contributed by atoms with Crippen molar-refractivity contribution >= 4 is 5.91 Å². The highest BCUT2D eigenvalue weighted by atomic mass is 16.5. The van der Waals surface area contributed by atoms with Crippen LogP contribution in [0.4, 0.5) is 0 Å². The molecule has 0 radical (unpaired) electrons. The van der Waals surface area contributed by atoms with E-state index in [9.17, 15) is 4.79 Å². The first-order chi connectivity index (χ1) is 9.67. The summed E-state index contributed by atoms with van der Waals surface area (Å²) in [4.78, 5) is 14.3. The maximum atomic E-state index is 12.5. The normalized spacial score (nSPS) is 12.0. The first kappa shape index (κ1) is 16.5. The molecule has 0 aliphatic heterocycles. The van der Waals surface area contributed by atoms with E-state index >= 15 is 0 Å². The van der Waals surface area contributed by atoms with E-state index in [1.165, 1.54) is 0 Å². The first-order valence-electron chi connectivity index (χ1n) is 7.11. The lowest BCUT2D eigenvalue weighted by Gasteiger charge is -2.26. The Bertz CT molecular complexity index is 416. The van der Waals surface area contributed by atoms with Crippen molar-refractivity contribution < 1.29 is 14.3 Å². The fourth-order valence-corrected chi connectivity index (χ4v) is 2.22. The van der Waals surface area contributed by atoms with E-state index in [0.717, 1.165) is 24.3 Å². The Morgan fingerprint density at radius 3 is 2.50 bits per heavy atom. The molecule has 112 valence electrons. The Morgan fingerprint density at radius 1 is 1.25 bits per heavy atom. The molecule has 0 aliphatic rings. The van der Waals surface area contributed by atoms with Gasteiger partial charge in [0.25, 0.3) is 5.91 Å². The number of nitrogens with zero attached hydrogens (tertiary/aromatic N) is 1. The molecule has 1 atom stereocenters. The quantitative estimate of drug-likeness (QED) is 0.734. The van der Waals surface area contributed by atoms with Crippen LogP contribution in [0.25, 0.3) is 0 Å². The van der Waals surface area contributed by atoms with E-state index in [4.69, 9.17) is 9.47 Å². The van der Waals surface area contributed by atoms with E-state index in [1.54, 1.807) is 14.2 Å². The second-order valence-electron chi connectivity index (χ2n) is 4.70. The van der Waals surface area contributed by atoms with Crippen molar-refractivity contribution in [1.29, 1.82) is 0 Å². The molecule has 4 heteroatoms. The van der Waals surface area contributed by atoms with Crippen LogP contribution in [0.1, 0.15) is 32.3 Å². The molecule has 0 bridgehead atoms. The topological polar surface area (TPSA) is 38.8 Å². The number of hydrogen-bond donors (Lipinski definition) is 0. The molecule has 1 aromatic carbocycles. The number of carbonyl (C=O) groups is 1. The monoisotopic (exact) mass is 279 g/mol. The molecule has 0 unspecified atom stereocenters. The molecule has 0 spiro atoms. The van der Waals surface area contributed by atoms with Crippen LogP contribution in [-0.2, 0) is 16.1 Å². The Kier molecular flexibility index (Phi) is 7.09. The van der Waals surface area contributed by atoms with Crippen molar-refractivity contribution in [3.05, 3.63) is 29.8 Å². The fraction of sp³-hybridized carbons (Fsp3) is 0.562. The largest absolute Gasteiger partial charge is 0.496 e. The predicted molar refractivity (Wildman–Crippen MR) is 79.8 cm³/mol. The van der Waals surface area contributed by atoms with Crippen molar-refractivity contribution in [2.45, 2.75) is 39.3 Å². The minimum Gasteiger partial charge on any atom is -0.496 e. The number of hydrogen-bond acceptors (Lipinski definition) is 3. The third-order valence-electron chi connectivity index (χ3n) is 3.29. The second-order valence-corrected chi connectivity index (χ2v) is 4.70. The molecule has 1 amide bonds. The van der Waals surface area contributed by atoms with Gasteiger partial charge in [0.15, 0.2) is 0 Å². The van der Waals surface area contributed by atoms with Gasteiger partial charge in [-0.15, -0.1) is 0 Å². The molecule has 0 aromatic heterocycles. The van der Waals surface area contributed by atoms with Crippen molar-refractivity contribution in [2.75, 3.05) is 20.8 Å². The molecule has 0 saturated carbocycles. The van der Waals surface area contributed by atoms with Crippen LogP contribution < -0.4 is 4.74 Å². The number of rotatable bonds is 8. The van der Waals surface area contributed by atoms with Gasteiger partial charge in [-0.1, -0.05) is 32.0 Å². The van der Waals surface area contributed by atoms with Crippen LogP contribution in [0.3, 0.4) is 0 Å². The first-order valence-corrected chi connectivity index (χ1v) is 7.11. The molecule has 1 rings (SSSR count). The van der Waals surface area contributed by atoms with E-state index in [2.05, 4.69) is 6.92 Å². The maximum absolute atomic E-state index is 12.5. The van der Waals surface area contributed by atoms with Crippen molar-refractivity contribution in [1.82, 2.24) is 4.90 Å². The van der Waals surface area contributed by atoms with Gasteiger partial charge in [-0.2, -0.15) is 0 Å². The van der Waals surface area contributed by atoms with Crippen molar-refractivity contribution in [2.24, 2.45) is 0 Å². The number of benzene rings is 1. The highest BCUT2D eigenvalue weighted by molar-refractivity contribution is 5.81. The van der Waals surface area contributed by atoms with Gasteiger partial charge < -0.3 is 14.4 Å². The standard InChI is InChI=1S/C16H25NO3/c1-5-11-17(16(18)14(6-2)19-3)12-13-9-7-8-10-15(13)20-4/h7-10,14H,5-6,11-12H2,1-4H3/t14-/m0/s1. The lowest BCUT2D eigenvalue weighted by atomic mass is 10.1. The summed E-state index contributed by atoms with van der Waals surface area (Å²) in [5, 5.41) is 0. The molecule has 0 aliphatic carbocycles. The number of carbonyl (C=O) groups excluding carboxylic acids is 1. The zero-order valence-corrected chi connectivity index (χ0v) is 12.9. The predicted octanol–water partition coefficient (Wildman–Crippen LogP) is 2.86. The SMILES string of the molecule is CCCN(Cc1ccccc1OC)C(=O)[C@H](CC)OC. The van der Waals surface area contributed by atoms with E-state index in [1.807, 2.05) is 36.1 Å². The molecule has 0 saturated heterocycles. The number of methoxy groups -OCH3 is 2. The maximum Gasteiger partial charge on any atom is 0.251 e. The van der Waals surface area contributed by atoms with Crippen LogP contribution in [-0.4, -0.2) is 37.7 Å². The summed E-state index contributed by atoms with van der Waals surface area (Å²) >= 11 is 0. The van der Waals surface area contributed by atoms with Gasteiger partial charge in [0, 0.05) is 25.8 Å². The van der Waals surface area contributed by atoms with Crippen molar-refractivity contribution in [3.63, 3.8) is 0 Å². The summed E-state index contributed by atoms with van der Waals surface area (Å²) in [6.45, 7) is 5.29. The molecule has 0 fully saturated rings. The van der Waals surface area contributed by atoms with Gasteiger partial charge in [0.05, 0.1) is 7.11 Å². The van der Waals surface area contributed by atoms with Gasteiger partial charge in [-0.25, -0.2) is 0 Å². The van der Waals surface area contributed by atoms with Crippen molar-refractivity contribution in [3.8, 4) is 5.75 Å². The van der Waals surface area contributed by atoms with Crippen LogP contribution in [0.2, 0.25) is 0 Å². The summed E-state index contributed by atoms with van der Waals surface area (Å²) in [6.07, 6.45) is 1.24. The average Bonchev–Trinajstić information content (AvgIpc) is 2.48. The molecule has 4 nitrogen and oxygen atoms in total. The minimum absolute atomic E-state index is 0.0442. The zero-order chi connectivity index (χ0) is 15.0. The van der Waals surface area contributed by atoms with Crippen LogP contribution >= 0.6 is 0 Å². The fourth-order valence-electron chi connectivity index (χ4n) is 2.22. The lowest BCUT2D eigenvalue weighted by Crippen LogP contribution is -2.39. The van der Waals surface area contributed by atoms with Crippen LogP contribution in [0.15, 0.2) is 24.3 Å². The van der Waals surface area contributed by atoms with Gasteiger partial charge in [-0.05, 0) is 18.9 Å². The second kappa shape index (κ2) is 8.59. The summed E-state index contributed by atoms with van der Waals surface area (Å²) < 4.78 is 10.6. The lowest BCUT2D eigenvalue weighted by molar-refractivity contribution is -0.142. The Labute approximate surface area is 121 Å². The van der Waals surface area contributed by atoms with Gasteiger partial charge in [0.2, 0.25) is 0 Å².